The molecule has 0 saturated carbocycles. The molecule has 0 aliphatic carbocycles. The van der Waals surface area contributed by atoms with Crippen molar-refractivity contribution in [3.8, 4) is 0 Å². The number of aliphatic hydroxyl groups is 3. The van der Waals surface area contributed by atoms with E-state index in [1.54, 1.807) is 0 Å². The fourth-order valence-corrected chi connectivity index (χ4v) is 2.82. The summed E-state index contributed by atoms with van der Waals surface area (Å²) >= 11 is 0. The molecule has 30 heavy (non-hydrogen) atoms. The maximum Gasteiger partial charge on any atom is 0.362 e. The Labute approximate surface area is 169 Å². The van der Waals surface area contributed by atoms with Gasteiger partial charge in [0, 0.05) is 24.9 Å². The van der Waals surface area contributed by atoms with Crippen LogP contribution in [-0.2, 0) is 14.4 Å². The zero-order chi connectivity index (χ0) is 21.8. The Balaban J connectivity index is 1.63. The Morgan fingerprint density at radius 3 is 2.47 bits per heavy atom. The predicted octanol–water partition coefficient (Wildman–Crippen LogP) is -1.00. The number of aliphatic hydroxyl groups excluding tert-OH is 3. The van der Waals surface area contributed by atoms with Crippen molar-refractivity contribution in [2.24, 2.45) is 0 Å². The maximum absolute atomic E-state index is 12.2. The first-order valence-corrected chi connectivity index (χ1v) is 8.86. The third kappa shape index (κ3) is 4.63. The molecule has 0 radical (unpaired) electrons. The minimum Gasteiger partial charge on any atom is -0.394 e. The number of aromatic nitrogens is 2. The standard InChI is InChI=1S/C18H20N4O8/c1-9(24)19-11-4-2-10(3-5-11)17(27)30-21-13-6-7-22(18(28)20-13)16-15(26)14(25)12(8-23)29-16/h2-7,12,14-16,23,25-26H,8H2,1H3,(H,19,24)(H,20,21,28)/t12-,14-,15-,16-/m1/s1. The van der Waals surface area contributed by atoms with Crippen LogP contribution in [0.5, 0.6) is 0 Å². The molecule has 4 atom stereocenters. The Morgan fingerprint density at radius 2 is 1.90 bits per heavy atom. The highest BCUT2D eigenvalue weighted by molar-refractivity contribution is 5.92. The average Bonchev–Trinajstić information content (AvgIpc) is 3.00. The molecule has 160 valence electrons. The number of benzene rings is 1. The summed E-state index contributed by atoms with van der Waals surface area (Å²) in [6.07, 6.45) is -3.82. The van der Waals surface area contributed by atoms with Crippen molar-refractivity contribution in [1.29, 1.82) is 0 Å². The number of ether oxygens (including phenoxy) is 1. The Hall–Kier alpha value is -3.32. The van der Waals surface area contributed by atoms with Gasteiger partial charge in [-0.2, -0.15) is 10.5 Å². The summed E-state index contributed by atoms with van der Waals surface area (Å²) in [7, 11) is 0. The summed E-state index contributed by atoms with van der Waals surface area (Å²) in [6.45, 7) is 0.831. The zero-order valence-corrected chi connectivity index (χ0v) is 15.8. The molecule has 5 N–H and O–H groups in total. The van der Waals surface area contributed by atoms with Crippen LogP contribution in [0.4, 0.5) is 11.5 Å². The molecule has 2 heterocycles. The maximum atomic E-state index is 12.2. The van der Waals surface area contributed by atoms with Gasteiger partial charge >= 0.3 is 11.7 Å². The first-order valence-electron chi connectivity index (χ1n) is 8.86. The highest BCUT2D eigenvalue weighted by atomic mass is 16.7. The molecule has 2 aromatic rings. The van der Waals surface area contributed by atoms with E-state index in [4.69, 9.17) is 14.7 Å². The first-order chi connectivity index (χ1) is 14.3. The van der Waals surface area contributed by atoms with Gasteiger partial charge in [0.1, 0.15) is 18.3 Å². The molecule has 0 spiro atoms. The molecule has 1 saturated heterocycles. The highest BCUT2D eigenvalue weighted by Crippen LogP contribution is 2.28. The van der Waals surface area contributed by atoms with Gasteiger partial charge in [-0.05, 0) is 24.3 Å². The van der Waals surface area contributed by atoms with E-state index in [0.717, 1.165) is 4.57 Å². The lowest BCUT2D eigenvalue weighted by Crippen LogP contribution is -2.36. The molecule has 1 fully saturated rings. The first kappa shape index (κ1) is 21.4. The van der Waals surface area contributed by atoms with Gasteiger partial charge in [0.2, 0.25) is 5.91 Å². The molecule has 1 aliphatic rings. The number of nitrogens with one attached hydrogen (secondary N) is 2. The van der Waals surface area contributed by atoms with Crippen molar-refractivity contribution in [2.75, 3.05) is 17.4 Å². The smallest absolute Gasteiger partial charge is 0.362 e. The minimum atomic E-state index is -1.43. The van der Waals surface area contributed by atoms with E-state index in [0.29, 0.717) is 5.69 Å². The SMILES string of the molecule is CC(=O)Nc1ccc(C(=O)ONc2ccn([C@@H]3O[C@H](CO)[C@@H](O)[C@H]3O)c(=O)n2)cc1. The fraction of sp³-hybridized carbons (Fsp3) is 0.333. The van der Waals surface area contributed by atoms with E-state index in [1.807, 2.05) is 0 Å². The third-order valence-electron chi connectivity index (χ3n) is 4.31. The number of carbonyl (C=O) groups excluding carboxylic acids is 2. The second-order valence-electron chi connectivity index (χ2n) is 6.48. The van der Waals surface area contributed by atoms with E-state index < -0.39 is 42.8 Å². The number of hydrogen-bond acceptors (Lipinski definition) is 10. The van der Waals surface area contributed by atoms with Gasteiger partial charge in [0.05, 0.1) is 12.2 Å². The second kappa shape index (κ2) is 9.00. The van der Waals surface area contributed by atoms with Crippen LogP contribution in [0.3, 0.4) is 0 Å². The van der Waals surface area contributed by atoms with E-state index in [-0.39, 0.29) is 17.3 Å². The van der Waals surface area contributed by atoms with Crippen LogP contribution in [0.15, 0.2) is 41.3 Å². The molecule has 1 aliphatic heterocycles. The average molecular weight is 420 g/mol. The molecule has 0 bridgehead atoms. The van der Waals surface area contributed by atoms with Crippen LogP contribution in [0.2, 0.25) is 0 Å². The van der Waals surface area contributed by atoms with Crippen molar-refractivity contribution in [1.82, 2.24) is 9.55 Å². The quantitative estimate of drug-likeness (QED) is 0.365. The number of carbonyl (C=O) groups is 2. The van der Waals surface area contributed by atoms with Gasteiger partial charge in [-0.3, -0.25) is 9.36 Å². The lowest BCUT2D eigenvalue weighted by molar-refractivity contribution is -0.114. The number of hydrogen-bond donors (Lipinski definition) is 5. The van der Waals surface area contributed by atoms with Crippen molar-refractivity contribution in [3.63, 3.8) is 0 Å². The number of rotatable bonds is 6. The van der Waals surface area contributed by atoms with Crippen LogP contribution in [-0.4, -0.2) is 61.7 Å². The van der Waals surface area contributed by atoms with Gasteiger partial charge < -0.3 is 30.2 Å². The highest BCUT2D eigenvalue weighted by Gasteiger charge is 2.43. The Bertz CT molecular complexity index is 977. The Morgan fingerprint density at radius 1 is 1.20 bits per heavy atom. The minimum absolute atomic E-state index is 0.0776. The fourth-order valence-electron chi connectivity index (χ4n) is 2.82. The number of amides is 1. The van der Waals surface area contributed by atoms with E-state index in [9.17, 15) is 24.6 Å². The third-order valence-corrected chi connectivity index (χ3v) is 4.31. The topological polar surface area (TPSA) is 172 Å². The number of anilines is 2. The molecular weight excluding hydrogens is 400 g/mol. The van der Waals surface area contributed by atoms with E-state index in [2.05, 4.69) is 15.8 Å². The summed E-state index contributed by atoms with van der Waals surface area (Å²) in [6, 6.07) is 7.24. The van der Waals surface area contributed by atoms with Crippen LogP contribution in [0, 0.1) is 0 Å². The van der Waals surface area contributed by atoms with E-state index in [1.165, 1.54) is 43.5 Å². The van der Waals surface area contributed by atoms with Crippen molar-refractivity contribution in [3.05, 3.63) is 52.6 Å². The summed E-state index contributed by atoms with van der Waals surface area (Å²) in [4.78, 5) is 43.9. The molecular formula is C18H20N4O8. The second-order valence-corrected chi connectivity index (χ2v) is 6.48. The largest absolute Gasteiger partial charge is 0.394 e. The van der Waals surface area contributed by atoms with Crippen LogP contribution in [0.25, 0.3) is 0 Å². The van der Waals surface area contributed by atoms with Gasteiger partial charge in [-0.1, -0.05) is 0 Å². The lowest BCUT2D eigenvalue weighted by Gasteiger charge is -2.17. The normalized spacial score (nSPS) is 23.1. The molecule has 0 unspecified atom stereocenters. The summed E-state index contributed by atoms with van der Waals surface area (Å²) in [5.41, 5.74) is 2.12. The van der Waals surface area contributed by atoms with E-state index >= 15 is 0 Å². The van der Waals surface area contributed by atoms with Gasteiger partial charge in [0.15, 0.2) is 12.0 Å². The van der Waals surface area contributed by atoms with Crippen LogP contribution >= 0.6 is 0 Å². The monoisotopic (exact) mass is 420 g/mol. The van der Waals surface area contributed by atoms with Crippen molar-refractivity contribution in [2.45, 2.75) is 31.5 Å². The summed E-state index contributed by atoms with van der Waals surface area (Å²) in [5, 5.41) is 31.5. The van der Waals surface area contributed by atoms with Crippen molar-refractivity contribution >= 4 is 23.4 Å². The molecule has 12 nitrogen and oxygen atoms in total. The van der Waals surface area contributed by atoms with Gasteiger partial charge in [-0.15, -0.1) is 0 Å². The molecule has 1 aromatic carbocycles. The predicted molar refractivity (Wildman–Crippen MR) is 101 cm³/mol. The molecule has 12 heteroatoms. The zero-order valence-electron chi connectivity index (χ0n) is 15.8. The summed E-state index contributed by atoms with van der Waals surface area (Å²) in [5.74, 6) is -1.07. The van der Waals surface area contributed by atoms with Crippen LogP contribution < -0.4 is 16.5 Å². The van der Waals surface area contributed by atoms with Crippen LogP contribution in [0.1, 0.15) is 23.5 Å². The van der Waals surface area contributed by atoms with Crippen molar-refractivity contribution < 1.29 is 34.5 Å². The Kier molecular flexibility index (Phi) is 6.42. The molecule has 3 rings (SSSR count). The molecule has 1 aromatic heterocycles. The molecule has 1 amide bonds. The van der Waals surface area contributed by atoms with Gasteiger partial charge in [-0.25, -0.2) is 9.59 Å². The van der Waals surface area contributed by atoms with Gasteiger partial charge in [0.25, 0.3) is 0 Å². The number of nitrogens with zero attached hydrogens (tertiary/aromatic N) is 2. The lowest BCUT2D eigenvalue weighted by atomic mass is 10.1. The summed E-state index contributed by atoms with van der Waals surface area (Å²) < 4.78 is 6.21.